The Morgan fingerprint density at radius 2 is 2.06 bits per heavy atom. The summed E-state index contributed by atoms with van der Waals surface area (Å²) in [5.41, 5.74) is 2.98. The molecule has 1 aliphatic heterocycles. The van der Waals surface area contributed by atoms with Crippen LogP contribution in [0.1, 0.15) is 25.0 Å². The zero-order valence-electron chi connectivity index (χ0n) is 9.95. The van der Waals surface area contributed by atoms with Crippen LogP contribution in [0.15, 0.2) is 24.3 Å². The summed E-state index contributed by atoms with van der Waals surface area (Å²) in [5, 5.41) is 3.34. The van der Waals surface area contributed by atoms with Crippen molar-refractivity contribution >= 4 is 5.97 Å². The van der Waals surface area contributed by atoms with Crippen LogP contribution in [0.5, 0.6) is 0 Å². The molecule has 0 saturated heterocycles. The number of benzene rings is 1. The summed E-state index contributed by atoms with van der Waals surface area (Å²) in [5.74, 6) is -0.211. The molecule has 0 radical (unpaired) electrons. The Morgan fingerprint density at radius 1 is 1.38 bits per heavy atom. The highest BCUT2D eigenvalue weighted by Gasteiger charge is 2.05. The normalized spacial score (nSPS) is 13.1. The first-order valence-electron chi connectivity index (χ1n) is 5.65. The molecule has 3 heteroatoms. The van der Waals surface area contributed by atoms with Crippen LogP contribution in [0.4, 0.5) is 0 Å². The summed E-state index contributed by atoms with van der Waals surface area (Å²) in [4.78, 5) is 9.82. The molecule has 1 aromatic rings. The molecule has 0 unspecified atom stereocenters. The fourth-order valence-corrected chi connectivity index (χ4v) is 1.62. The first-order chi connectivity index (χ1) is 7.74. The third kappa shape index (κ3) is 4.45. The van der Waals surface area contributed by atoms with Gasteiger partial charge in [-0.2, -0.15) is 0 Å². The van der Waals surface area contributed by atoms with Crippen LogP contribution >= 0.6 is 0 Å². The minimum atomic E-state index is -0.211. The molecule has 0 atom stereocenters. The molecule has 1 N–H and O–H groups in total. The number of hydrogen-bond acceptors (Lipinski definition) is 3. The topological polar surface area (TPSA) is 38.3 Å². The van der Waals surface area contributed by atoms with Crippen LogP contribution in [0.3, 0.4) is 0 Å². The van der Waals surface area contributed by atoms with Gasteiger partial charge >= 0.3 is 5.97 Å². The summed E-state index contributed by atoms with van der Waals surface area (Å²) < 4.78 is 4.40. The average Bonchev–Trinajstić information content (AvgIpc) is 2.30. The minimum Gasteiger partial charge on any atom is -0.466 e. The molecule has 0 fully saturated rings. The van der Waals surface area contributed by atoms with Gasteiger partial charge in [-0.15, -0.1) is 0 Å². The van der Waals surface area contributed by atoms with Gasteiger partial charge in [0.2, 0.25) is 0 Å². The van der Waals surface area contributed by atoms with Crippen LogP contribution < -0.4 is 5.32 Å². The molecule has 88 valence electrons. The van der Waals surface area contributed by atoms with Gasteiger partial charge < -0.3 is 10.1 Å². The summed E-state index contributed by atoms with van der Waals surface area (Å²) in [6, 6.07) is 8.63. The van der Waals surface area contributed by atoms with Gasteiger partial charge in [-0.3, -0.25) is 4.79 Å². The van der Waals surface area contributed by atoms with Crippen molar-refractivity contribution in [3.05, 3.63) is 35.4 Å². The van der Waals surface area contributed by atoms with Crippen molar-refractivity contribution in [2.24, 2.45) is 0 Å². The number of fused-ring (bicyclic) bond motifs is 1. The molecule has 16 heavy (non-hydrogen) atoms. The van der Waals surface area contributed by atoms with Crippen LogP contribution in [0.2, 0.25) is 0 Å². The van der Waals surface area contributed by atoms with Crippen LogP contribution in [-0.4, -0.2) is 19.1 Å². The Hall–Kier alpha value is -1.35. The number of carbonyl (C=O) groups is 1. The van der Waals surface area contributed by atoms with Crippen molar-refractivity contribution in [1.29, 1.82) is 0 Å². The van der Waals surface area contributed by atoms with E-state index in [-0.39, 0.29) is 5.97 Å². The molecule has 1 heterocycles. The zero-order valence-corrected chi connectivity index (χ0v) is 9.95. The van der Waals surface area contributed by atoms with Crippen LogP contribution in [0.25, 0.3) is 0 Å². The molecule has 0 aliphatic carbocycles. The standard InChI is InChI=1S/C9H11N.C4H8O2/c1-2-4-9-7-10-6-5-8(9)3-1;1-3-6-4(2)5/h1-4,10H,5-7H2;3H2,1-2H3. The monoisotopic (exact) mass is 221 g/mol. The van der Waals surface area contributed by atoms with Crippen molar-refractivity contribution in [3.63, 3.8) is 0 Å². The molecule has 0 amide bonds. The number of ether oxygens (including phenoxy) is 1. The van der Waals surface area contributed by atoms with Gasteiger partial charge in [0.15, 0.2) is 0 Å². The van der Waals surface area contributed by atoms with Gasteiger partial charge in [-0.25, -0.2) is 0 Å². The fraction of sp³-hybridized carbons (Fsp3) is 0.462. The molecule has 0 saturated carbocycles. The predicted molar refractivity (Wildman–Crippen MR) is 64.2 cm³/mol. The molecule has 3 nitrogen and oxygen atoms in total. The molecule has 2 rings (SSSR count). The Balaban J connectivity index is 0.000000187. The predicted octanol–water partition coefficient (Wildman–Crippen LogP) is 1.90. The quantitative estimate of drug-likeness (QED) is 0.736. The van der Waals surface area contributed by atoms with E-state index in [9.17, 15) is 4.79 Å². The van der Waals surface area contributed by atoms with Crippen LogP contribution in [-0.2, 0) is 22.5 Å². The largest absolute Gasteiger partial charge is 0.466 e. The number of hydrogen-bond donors (Lipinski definition) is 1. The highest BCUT2D eigenvalue weighted by Crippen LogP contribution is 2.11. The van der Waals surface area contributed by atoms with Gasteiger partial charge in [-0.1, -0.05) is 24.3 Å². The Bertz CT molecular complexity index is 311. The van der Waals surface area contributed by atoms with E-state index in [1.807, 2.05) is 0 Å². The summed E-state index contributed by atoms with van der Waals surface area (Å²) in [6.07, 6.45) is 1.19. The maximum atomic E-state index is 9.82. The number of esters is 1. The molecule has 1 aliphatic rings. The lowest BCUT2D eigenvalue weighted by atomic mass is 10.0. The van der Waals surface area contributed by atoms with Crippen molar-refractivity contribution in [2.45, 2.75) is 26.8 Å². The van der Waals surface area contributed by atoms with Gasteiger partial charge in [-0.05, 0) is 31.0 Å². The van der Waals surface area contributed by atoms with Gasteiger partial charge in [0.1, 0.15) is 0 Å². The van der Waals surface area contributed by atoms with Crippen molar-refractivity contribution in [1.82, 2.24) is 5.32 Å². The van der Waals surface area contributed by atoms with Crippen molar-refractivity contribution < 1.29 is 9.53 Å². The second-order valence-corrected chi connectivity index (χ2v) is 3.62. The van der Waals surface area contributed by atoms with E-state index < -0.39 is 0 Å². The summed E-state index contributed by atoms with van der Waals surface area (Å²) >= 11 is 0. The lowest BCUT2D eigenvalue weighted by Gasteiger charge is -2.15. The summed E-state index contributed by atoms with van der Waals surface area (Å²) in [7, 11) is 0. The maximum absolute atomic E-state index is 9.82. The minimum absolute atomic E-state index is 0.211. The van der Waals surface area contributed by atoms with E-state index in [0.29, 0.717) is 6.61 Å². The second kappa shape index (κ2) is 7.01. The molecule has 0 spiro atoms. The van der Waals surface area contributed by atoms with E-state index in [4.69, 9.17) is 0 Å². The van der Waals surface area contributed by atoms with Crippen molar-refractivity contribution in [3.8, 4) is 0 Å². The lowest BCUT2D eigenvalue weighted by Crippen LogP contribution is -2.23. The van der Waals surface area contributed by atoms with Gasteiger partial charge in [0.25, 0.3) is 0 Å². The van der Waals surface area contributed by atoms with Crippen molar-refractivity contribution in [2.75, 3.05) is 13.2 Å². The molecular formula is C13H19NO2. The molecule has 0 aromatic heterocycles. The highest BCUT2D eigenvalue weighted by atomic mass is 16.5. The average molecular weight is 221 g/mol. The number of nitrogens with one attached hydrogen (secondary N) is 1. The van der Waals surface area contributed by atoms with E-state index in [2.05, 4.69) is 34.3 Å². The third-order valence-electron chi connectivity index (χ3n) is 2.35. The van der Waals surface area contributed by atoms with Gasteiger partial charge in [0.05, 0.1) is 6.61 Å². The Morgan fingerprint density at radius 3 is 2.56 bits per heavy atom. The molecule has 0 bridgehead atoms. The van der Waals surface area contributed by atoms with Crippen LogP contribution in [0, 0.1) is 0 Å². The Labute approximate surface area is 96.8 Å². The Kier molecular flexibility index (Phi) is 5.57. The second-order valence-electron chi connectivity index (χ2n) is 3.62. The number of carbonyl (C=O) groups excluding carboxylic acids is 1. The van der Waals surface area contributed by atoms with E-state index in [1.165, 1.54) is 24.5 Å². The maximum Gasteiger partial charge on any atom is 0.302 e. The van der Waals surface area contributed by atoms with Gasteiger partial charge in [0, 0.05) is 13.5 Å². The zero-order chi connectivity index (χ0) is 11.8. The lowest BCUT2D eigenvalue weighted by molar-refractivity contribution is -0.140. The first kappa shape index (κ1) is 12.7. The number of rotatable bonds is 1. The van der Waals surface area contributed by atoms with E-state index >= 15 is 0 Å². The first-order valence-corrected chi connectivity index (χ1v) is 5.65. The van der Waals surface area contributed by atoms with E-state index in [1.54, 1.807) is 6.92 Å². The third-order valence-corrected chi connectivity index (χ3v) is 2.35. The molecule has 1 aromatic carbocycles. The highest BCUT2D eigenvalue weighted by molar-refractivity contribution is 5.65. The molecular weight excluding hydrogens is 202 g/mol. The fourth-order valence-electron chi connectivity index (χ4n) is 1.62. The summed E-state index contributed by atoms with van der Waals surface area (Å²) in [6.45, 7) is 5.84. The smallest absolute Gasteiger partial charge is 0.302 e. The SMILES string of the molecule is CCOC(C)=O.c1ccc2c(c1)CCNC2. The van der Waals surface area contributed by atoms with E-state index in [0.717, 1.165) is 13.1 Å².